The predicted molar refractivity (Wildman–Crippen MR) is 90.6 cm³/mol. The van der Waals surface area contributed by atoms with Crippen molar-refractivity contribution in [3.05, 3.63) is 29.8 Å². The van der Waals surface area contributed by atoms with Gasteiger partial charge in [0, 0.05) is 13.1 Å². The fourth-order valence-electron chi connectivity index (χ4n) is 2.66. The van der Waals surface area contributed by atoms with Crippen LogP contribution in [0.2, 0.25) is 0 Å². The van der Waals surface area contributed by atoms with E-state index in [1.54, 1.807) is 25.1 Å². The first-order chi connectivity index (χ1) is 10.8. The van der Waals surface area contributed by atoms with Gasteiger partial charge in [0.05, 0.1) is 17.4 Å². The third kappa shape index (κ3) is 4.12. The fraction of sp³-hybridized carbons (Fsp3) is 0.588. The molecule has 1 aromatic rings. The van der Waals surface area contributed by atoms with Crippen molar-refractivity contribution >= 4 is 16.0 Å². The summed E-state index contributed by atoms with van der Waals surface area (Å²) in [5.41, 5.74) is 0.144. The predicted octanol–water partition coefficient (Wildman–Crippen LogP) is 2.99. The highest BCUT2D eigenvalue weighted by molar-refractivity contribution is 7.89. The lowest BCUT2D eigenvalue weighted by Crippen LogP contribution is -2.45. The van der Waals surface area contributed by atoms with Crippen molar-refractivity contribution in [2.75, 3.05) is 20.2 Å². The Kier molecular flexibility index (Phi) is 6.77. The zero-order chi connectivity index (χ0) is 17.7. The number of methoxy groups -OCH3 is 1. The van der Waals surface area contributed by atoms with Gasteiger partial charge in [0.2, 0.25) is 10.0 Å². The number of hydrogen-bond acceptors (Lipinski definition) is 4. The minimum Gasteiger partial charge on any atom is -0.469 e. The summed E-state index contributed by atoms with van der Waals surface area (Å²) < 4.78 is 31.6. The number of carbonyl (C=O) groups is 1. The van der Waals surface area contributed by atoms with E-state index in [-0.39, 0.29) is 5.97 Å². The van der Waals surface area contributed by atoms with Crippen molar-refractivity contribution in [1.82, 2.24) is 4.31 Å². The van der Waals surface area contributed by atoms with Gasteiger partial charge in [-0.15, -0.1) is 0 Å². The summed E-state index contributed by atoms with van der Waals surface area (Å²) in [5.74, 6) is -0.268. The molecule has 23 heavy (non-hydrogen) atoms. The number of nitrogens with zero attached hydrogens (tertiary/aromatic N) is 1. The second-order valence-electron chi connectivity index (χ2n) is 5.72. The van der Waals surface area contributed by atoms with E-state index < -0.39 is 15.4 Å². The van der Waals surface area contributed by atoms with E-state index in [9.17, 15) is 13.2 Å². The highest BCUT2D eigenvalue weighted by atomic mass is 32.2. The number of ether oxygens (including phenoxy) is 1. The van der Waals surface area contributed by atoms with Crippen molar-refractivity contribution in [1.29, 1.82) is 0 Å². The molecule has 0 unspecified atom stereocenters. The molecule has 1 aliphatic rings. The van der Waals surface area contributed by atoms with Crippen LogP contribution in [0.3, 0.4) is 0 Å². The smallest absolute Gasteiger partial charge is 0.311 e. The van der Waals surface area contributed by atoms with Crippen LogP contribution in [-0.2, 0) is 19.6 Å². The molecule has 1 aromatic carbocycles. The Balaban J connectivity index is 0.00000127. The van der Waals surface area contributed by atoms with Gasteiger partial charge in [-0.3, -0.25) is 4.79 Å². The van der Waals surface area contributed by atoms with Gasteiger partial charge in [-0.05, 0) is 38.3 Å². The standard InChI is InChI=1S/C15H21NO4S.C2H6/c1-12-6-4-5-7-13(12)21(18,19)16-10-8-15(2,9-11-16)14(17)20-3;1-2/h4-7H,8-11H2,1-3H3;1-2H3. The van der Waals surface area contributed by atoms with Crippen molar-refractivity contribution in [2.24, 2.45) is 5.41 Å². The van der Waals surface area contributed by atoms with E-state index in [2.05, 4.69) is 0 Å². The summed E-state index contributed by atoms with van der Waals surface area (Å²) in [4.78, 5) is 12.1. The molecule has 130 valence electrons. The number of sulfonamides is 1. The van der Waals surface area contributed by atoms with Crippen LogP contribution in [0, 0.1) is 12.3 Å². The van der Waals surface area contributed by atoms with E-state index in [0.29, 0.717) is 30.8 Å². The van der Waals surface area contributed by atoms with Crippen LogP contribution in [0.25, 0.3) is 0 Å². The van der Waals surface area contributed by atoms with Crippen LogP contribution >= 0.6 is 0 Å². The molecule has 1 heterocycles. The molecule has 0 amide bonds. The Morgan fingerprint density at radius 1 is 1.17 bits per heavy atom. The van der Waals surface area contributed by atoms with Gasteiger partial charge in [-0.1, -0.05) is 32.0 Å². The molecule has 1 saturated heterocycles. The molecule has 0 spiro atoms. The summed E-state index contributed by atoms with van der Waals surface area (Å²) in [6.45, 7) is 8.29. The highest BCUT2D eigenvalue weighted by Gasteiger charge is 2.41. The lowest BCUT2D eigenvalue weighted by molar-refractivity contribution is -0.153. The lowest BCUT2D eigenvalue weighted by Gasteiger charge is -2.36. The van der Waals surface area contributed by atoms with Crippen molar-refractivity contribution < 1.29 is 17.9 Å². The Labute approximate surface area is 139 Å². The van der Waals surface area contributed by atoms with E-state index in [0.717, 1.165) is 5.56 Å². The van der Waals surface area contributed by atoms with Gasteiger partial charge in [-0.2, -0.15) is 4.31 Å². The minimum atomic E-state index is -3.49. The van der Waals surface area contributed by atoms with Crippen LogP contribution in [0.4, 0.5) is 0 Å². The molecule has 0 saturated carbocycles. The van der Waals surface area contributed by atoms with Crippen molar-refractivity contribution in [3.63, 3.8) is 0 Å². The Bertz CT molecular complexity index is 632. The maximum atomic E-state index is 12.7. The molecular formula is C17H27NO4S. The number of esters is 1. The second-order valence-corrected chi connectivity index (χ2v) is 7.63. The van der Waals surface area contributed by atoms with Gasteiger partial charge < -0.3 is 4.74 Å². The molecule has 5 nitrogen and oxygen atoms in total. The quantitative estimate of drug-likeness (QED) is 0.793. The maximum absolute atomic E-state index is 12.7. The Morgan fingerprint density at radius 3 is 2.17 bits per heavy atom. The zero-order valence-electron chi connectivity index (χ0n) is 14.6. The second kappa shape index (κ2) is 7.93. The van der Waals surface area contributed by atoms with Gasteiger partial charge in [0.1, 0.15) is 0 Å². The number of carbonyl (C=O) groups excluding carboxylic acids is 1. The third-order valence-electron chi connectivity index (χ3n) is 4.22. The van der Waals surface area contributed by atoms with Gasteiger partial charge in [-0.25, -0.2) is 8.42 Å². The number of hydrogen-bond donors (Lipinski definition) is 0. The molecule has 2 rings (SSSR count). The average Bonchev–Trinajstić information content (AvgIpc) is 2.56. The average molecular weight is 341 g/mol. The Morgan fingerprint density at radius 2 is 1.70 bits per heavy atom. The molecule has 0 radical (unpaired) electrons. The molecule has 0 aromatic heterocycles. The van der Waals surface area contributed by atoms with Crippen LogP contribution in [0.15, 0.2) is 29.2 Å². The van der Waals surface area contributed by atoms with Gasteiger partial charge in [0.15, 0.2) is 0 Å². The number of aryl methyl sites for hydroxylation is 1. The number of piperidine rings is 1. The largest absolute Gasteiger partial charge is 0.469 e. The van der Waals surface area contributed by atoms with Gasteiger partial charge in [0.25, 0.3) is 0 Å². The van der Waals surface area contributed by atoms with E-state index in [1.807, 2.05) is 26.8 Å². The van der Waals surface area contributed by atoms with Crippen LogP contribution < -0.4 is 0 Å². The van der Waals surface area contributed by atoms with Crippen molar-refractivity contribution in [2.45, 2.75) is 45.4 Å². The van der Waals surface area contributed by atoms with Crippen LogP contribution in [0.5, 0.6) is 0 Å². The molecule has 1 aliphatic heterocycles. The summed E-state index contributed by atoms with van der Waals surface area (Å²) in [7, 11) is -2.13. The van der Waals surface area contributed by atoms with E-state index >= 15 is 0 Å². The molecule has 1 fully saturated rings. The zero-order valence-corrected chi connectivity index (χ0v) is 15.4. The topological polar surface area (TPSA) is 63.7 Å². The first-order valence-corrected chi connectivity index (χ1v) is 9.39. The molecule has 0 atom stereocenters. The Hall–Kier alpha value is -1.40. The summed E-state index contributed by atoms with van der Waals surface area (Å²) in [6.07, 6.45) is 0.954. The number of benzene rings is 1. The third-order valence-corrected chi connectivity index (χ3v) is 6.27. The fourth-order valence-corrected chi connectivity index (χ4v) is 4.32. The normalized spacial score (nSPS) is 17.8. The summed E-state index contributed by atoms with van der Waals surface area (Å²) >= 11 is 0. The van der Waals surface area contributed by atoms with Gasteiger partial charge >= 0.3 is 5.97 Å². The maximum Gasteiger partial charge on any atom is 0.311 e. The van der Waals surface area contributed by atoms with Crippen molar-refractivity contribution in [3.8, 4) is 0 Å². The molecule has 0 aliphatic carbocycles. The lowest BCUT2D eigenvalue weighted by atomic mass is 9.81. The monoisotopic (exact) mass is 341 g/mol. The SMILES string of the molecule is CC.COC(=O)C1(C)CCN(S(=O)(=O)c2ccccc2C)CC1. The molecular weight excluding hydrogens is 314 g/mol. The van der Waals surface area contributed by atoms with Crippen LogP contribution in [-0.4, -0.2) is 38.9 Å². The molecule has 0 N–H and O–H groups in total. The van der Waals surface area contributed by atoms with Crippen LogP contribution in [0.1, 0.15) is 39.2 Å². The summed E-state index contributed by atoms with van der Waals surface area (Å²) in [5, 5.41) is 0. The summed E-state index contributed by atoms with van der Waals surface area (Å²) in [6, 6.07) is 6.95. The van der Waals surface area contributed by atoms with E-state index in [1.165, 1.54) is 11.4 Å². The minimum absolute atomic E-state index is 0.268. The highest BCUT2D eigenvalue weighted by Crippen LogP contribution is 2.34. The number of rotatable bonds is 3. The first-order valence-electron chi connectivity index (χ1n) is 7.95. The first kappa shape index (κ1) is 19.6. The molecule has 0 bridgehead atoms. The van der Waals surface area contributed by atoms with E-state index in [4.69, 9.17) is 4.74 Å². The molecule has 6 heteroatoms.